The minimum atomic E-state index is -0.360. The fraction of sp³-hybridized carbons (Fsp3) is 0.294. The zero-order valence-electron chi connectivity index (χ0n) is 12.6. The first-order valence-electron chi connectivity index (χ1n) is 7.52. The normalized spacial score (nSPS) is 17.0. The predicted octanol–water partition coefficient (Wildman–Crippen LogP) is 2.60. The number of carbonyl (C=O) groups excluding carboxylic acids is 1. The van der Waals surface area contributed by atoms with Crippen molar-refractivity contribution in [2.45, 2.75) is 18.9 Å². The lowest BCUT2D eigenvalue weighted by molar-refractivity contribution is 0.0679. The number of aromatic nitrogens is 1. The van der Waals surface area contributed by atoms with E-state index in [4.69, 9.17) is 9.47 Å². The maximum Gasteiger partial charge on any atom is 0.257 e. The Morgan fingerprint density at radius 3 is 3.09 bits per heavy atom. The second-order valence-electron chi connectivity index (χ2n) is 5.30. The van der Waals surface area contributed by atoms with Crippen LogP contribution in [0.15, 0.2) is 42.6 Å². The Bertz CT molecular complexity index is 684. The molecule has 1 aliphatic rings. The van der Waals surface area contributed by atoms with Gasteiger partial charge >= 0.3 is 0 Å². The van der Waals surface area contributed by atoms with E-state index in [1.807, 2.05) is 0 Å². The highest BCUT2D eigenvalue weighted by molar-refractivity contribution is 6.04. The molecule has 3 rings (SSSR count). The molecule has 0 spiro atoms. The summed E-state index contributed by atoms with van der Waals surface area (Å²) >= 11 is 0. The molecule has 1 saturated heterocycles. The standard InChI is InChI=1S/C17H18N2O4/c20-15-7-2-8-18-16(15)19-17(21)12-4-1-5-13(10-12)23-11-14-6-3-9-22-14/h1-2,4-5,7-8,10,14,20H,3,6,9,11H2,(H,18,19,21)/t14-/m0/s1. The molecular formula is C17H18N2O4. The number of carbonyl (C=O) groups is 1. The summed E-state index contributed by atoms with van der Waals surface area (Å²) in [7, 11) is 0. The lowest BCUT2D eigenvalue weighted by atomic mass is 10.2. The van der Waals surface area contributed by atoms with E-state index in [2.05, 4.69) is 10.3 Å². The molecule has 0 saturated carbocycles. The van der Waals surface area contributed by atoms with Gasteiger partial charge in [0.1, 0.15) is 12.4 Å². The number of nitrogens with zero attached hydrogens (tertiary/aromatic N) is 1. The largest absolute Gasteiger partial charge is 0.504 e. The van der Waals surface area contributed by atoms with Crippen LogP contribution in [0.1, 0.15) is 23.2 Å². The van der Waals surface area contributed by atoms with Crippen LogP contribution < -0.4 is 10.1 Å². The van der Waals surface area contributed by atoms with E-state index < -0.39 is 0 Å². The molecule has 1 amide bonds. The Kier molecular flexibility index (Phi) is 4.73. The number of hydrogen-bond donors (Lipinski definition) is 2. The number of anilines is 1. The van der Waals surface area contributed by atoms with Crippen molar-refractivity contribution in [3.8, 4) is 11.5 Å². The Morgan fingerprint density at radius 2 is 2.30 bits per heavy atom. The van der Waals surface area contributed by atoms with Crippen molar-refractivity contribution in [2.75, 3.05) is 18.5 Å². The summed E-state index contributed by atoms with van der Waals surface area (Å²) in [5.74, 6) is 0.301. The summed E-state index contributed by atoms with van der Waals surface area (Å²) in [5.41, 5.74) is 0.430. The molecule has 120 valence electrons. The van der Waals surface area contributed by atoms with Crippen LogP contribution in [0.2, 0.25) is 0 Å². The number of nitrogens with one attached hydrogen (secondary N) is 1. The van der Waals surface area contributed by atoms with E-state index in [0.717, 1.165) is 19.4 Å². The Labute approximate surface area is 134 Å². The van der Waals surface area contributed by atoms with Gasteiger partial charge in [0.25, 0.3) is 5.91 Å². The summed E-state index contributed by atoms with van der Waals surface area (Å²) in [6, 6.07) is 9.93. The third-order valence-electron chi connectivity index (χ3n) is 3.57. The van der Waals surface area contributed by atoms with E-state index in [1.54, 1.807) is 30.3 Å². The van der Waals surface area contributed by atoms with Crippen molar-refractivity contribution in [2.24, 2.45) is 0 Å². The number of benzene rings is 1. The van der Waals surface area contributed by atoms with Gasteiger partial charge in [-0.05, 0) is 43.2 Å². The average molecular weight is 314 g/mol. The molecule has 1 aromatic heterocycles. The second kappa shape index (κ2) is 7.11. The van der Waals surface area contributed by atoms with Gasteiger partial charge in [-0.2, -0.15) is 0 Å². The van der Waals surface area contributed by atoms with Gasteiger partial charge in [0.2, 0.25) is 0 Å². The highest BCUT2D eigenvalue weighted by Crippen LogP contribution is 2.21. The number of rotatable bonds is 5. The Hall–Kier alpha value is -2.60. The monoisotopic (exact) mass is 314 g/mol. The summed E-state index contributed by atoms with van der Waals surface area (Å²) in [6.07, 6.45) is 3.68. The molecule has 2 aromatic rings. The first-order valence-corrected chi connectivity index (χ1v) is 7.52. The summed E-state index contributed by atoms with van der Waals surface area (Å²) in [6.45, 7) is 1.26. The topological polar surface area (TPSA) is 80.7 Å². The number of aromatic hydroxyl groups is 1. The number of pyridine rings is 1. The summed E-state index contributed by atoms with van der Waals surface area (Å²) in [5, 5.41) is 12.2. The maximum atomic E-state index is 12.2. The minimum absolute atomic E-state index is 0.0772. The molecule has 2 N–H and O–H groups in total. The van der Waals surface area contributed by atoms with Gasteiger partial charge in [-0.15, -0.1) is 0 Å². The quantitative estimate of drug-likeness (QED) is 0.886. The zero-order chi connectivity index (χ0) is 16.1. The smallest absolute Gasteiger partial charge is 0.257 e. The number of amides is 1. The molecular weight excluding hydrogens is 296 g/mol. The van der Waals surface area contributed by atoms with Gasteiger partial charge in [0, 0.05) is 18.4 Å². The average Bonchev–Trinajstić information content (AvgIpc) is 3.09. The first kappa shape index (κ1) is 15.3. The number of ether oxygens (including phenoxy) is 2. The van der Waals surface area contributed by atoms with Crippen LogP contribution in [0.25, 0.3) is 0 Å². The molecule has 1 atom stereocenters. The van der Waals surface area contributed by atoms with E-state index in [-0.39, 0.29) is 23.6 Å². The van der Waals surface area contributed by atoms with E-state index in [9.17, 15) is 9.90 Å². The molecule has 1 aliphatic heterocycles. The molecule has 2 heterocycles. The van der Waals surface area contributed by atoms with Crippen molar-refractivity contribution >= 4 is 11.7 Å². The predicted molar refractivity (Wildman–Crippen MR) is 84.8 cm³/mol. The van der Waals surface area contributed by atoms with Crippen molar-refractivity contribution in [1.29, 1.82) is 0 Å². The van der Waals surface area contributed by atoms with Crippen LogP contribution in [0.5, 0.6) is 11.5 Å². The zero-order valence-corrected chi connectivity index (χ0v) is 12.6. The van der Waals surface area contributed by atoms with Crippen LogP contribution in [0, 0.1) is 0 Å². The van der Waals surface area contributed by atoms with E-state index in [0.29, 0.717) is 17.9 Å². The molecule has 0 unspecified atom stereocenters. The van der Waals surface area contributed by atoms with Crippen molar-refractivity contribution in [3.63, 3.8) is 0 Å². The van der Waals surface area contributed by atoms with E-state index in [1.165, 1.54) is 12.3 Å². The fourth-order valence-electron chi connectivity index (χ4n) is 2.36. The minimum Gasteiger partial charge on any atom is -0.504 e. The number of hydrogen-bond acceptors (Lipinski definition) is 5. The Balaban J connectivity index is 1.64. The van der Waals surface area contributed by atoms with Gasteiger partial charge in [0.15, 0.2) is 11.6 Å². The van der Waals surface area contributed by atoms with Gasteiger partial charge < -0.3 is 19.9 Å². The highest BCUT2D eigenvalue weighted by atomic mass is 16.5. The van der Waals surface area contributed by atoms with E-state index >= 15 is 0 Å². The summed E-state index contributed by atoms with van der Waals surface area (Å²) < 4.78 is 11.2. The third-order valence-corrected chi connectivity index (χ3v) is 3.57. The van der Waals surface area contributed by atoms with Crippen molar-refractivity contribution < 1.29 is 19.4 Å². The molecule has 1 aromatic carbocycles. The molecule has 1 fully saturated rings. The van der Waals surface area contributed by atoms with Gasteiger partial charge in [0.05, 0.1) is 6.10 Å². The SMILES string of the molecule is O=C(Nc1ncccc1O)c1cccc(OC[C@@H]2CCCO2)c1. The highest BCUT2D eigenvalue weighted by Gasteiger charge is 2.16. The molecule has 6 nitrogen and oxygen atoms in total. The lowest BCUT2D eigenvalue weighted by Crippen LogP contribution is -2.17. The van der Waals surface area contributed by atoms with Crippen LogP contribution in [-0.4, -0.2) is 35.3 Å². The molecule has 23 heavy (non-hydrogen) atoms. The van der Waals surface area contributed by atoms with Crippen molar-refractivity contribution in [3.05, 3.63) is 48.2 Å². The van der Waals surface area contributed by atoms with Crippen LogP contribution >= 0.6 is 0 Å². The van der Waals surface area contributed by atoms with Gasteiger partial charge in [-0.1, -0.05) is 6.07 Å². The van der Waals surface area contributed by atoms with Crippen LogP contribution in [-0.2, 0) is 4.74 Å². The molecule has 0 aliphatic carbocycles. The first-order chi connectivity index (χ1) is 11.2. The third kappa shape index (κ3) is 3.98. The fourth-order valence-corrected chi connectivity index (χ4v) is 2.36. The van der Waals surface area contributed by atoms with Gasteiger partial charge in [-0.25, -0.2) is 4.98 Å². The van der Waals surface area contributed by atoms with Gasteiger partial charge in [-0.3, -0.25) is 4.79 Å². The second-order valence-corrected chi connectivity index (χ2v) is 5.30. The molecule has 6 heteroatoms. The Morgan fingerprint density at radius 1 is 1.39 bits per heavy atom. The van der Waals surface area contributed by atoms with Crippen molar-refractivity contribution in [1.82, 2.24) is 4.98 Å². The summed E-state index contributed by atoms with van der Waals surface area (Å²) in [4.78, 5) is 16.2. The lowest BCUT2D eigenvalue weighted by Gasteiger charge is -2.12. The molecule has 0 radical (unpaired) electrons. The van der Waals surface area contributed by atoms with Crippen LogP contribution in [0.4, 0.5) is 5.82 Å². The maximum absolute atomic E-state index is 12.2. The van der Waals surface area contributed by atoms with Crippen LogP contribution in [0.3, 0.4) is 0 Å². The molecule has 0 bridgehead atoms.